The van der Waals surface area contributed by atoms with Crippen LogP contribution in [0.15, 0.2) is 47.5 Å². The van der Waals surface area contributed by atoms with Gasteiger partial charge in [0.2, 0.25) is 0 Å². The Morgan fingerprint density at radius 2 is 2.05 bits per heavy atom. The molecule has 20 heavy (non-hydrogen) atoms. The fourth-order valence-electron chi connectivity index (χ4n) is 1.82. The van der Waals surface area contributed by atoms with E-state index in [-0.39, 0.29) is 5.56 Å². The number of imidazole rings is 1. The number of aromatic nitrogens is 3. The summed E-state index contributed by atoms with van der Waals surface area (Å²) in [6, 6.07) is 6.44. The number of carboxylic acids is 1. The molecule has 0 saturated heterocycles. The SMILES string of the molecule is O=C(O)c1ccc(Nc2nc(Br)cn3ccnc23)cc1. The van der Waals surface area contributed by atoms with E-state index >= 15 is 0 Å². The maximum absolute atomic E-state index is 10.8. The number of benzene rings is 1. The molecule has 100 valence electrons. The Balaban J connectivity index is 1.96. The Hall–Kier alpha value is -2.41. The van der Waals surface area contributed by atoms with Crippen molar-refractivity contribution in [3.05, 3.63) is 53.0 Å². The summed E-state index contributed by atoms with van der Waals surface area (Å²) in [6.45, 7) is 0. The predicted octanol–water partition coefficient (Wildman–Crippen LogP) is 2.93. The molecule has 3 aromatic rings. The summed E-state index contributed by atoms with van der Waals surface area (Å²) in [6.07, 6.45) is 5.31. The van der Waals surface area contributed by atoms with Crippen molar-refractivity contribution < 1.29 is 9.90 Å². The summed E-state index contributed by atoms with van der Waals surface area (Å²) in [5, 5.41) is 12.0. The van der Waals surface area contributed by atoms with Crippen molar-refractivity contribution in [3.63, 3.8) is 0 Å². The lowest BCUT2D eigenvalue weighted by molar-refractivity contribution is 0.0697. The molecular formula is C13H9BrN4O2. The minimum atomic E-state index is -0.951. The largest absolute Gasteiger partial charge is 0.478 e. The van der Waals surface area contributed by atoms with E-state index < -0.39 is 5.97 Å². The maximum Gasteiger partial charge on any atom is 0.335 e. The van der Waals surface area contributed by atoms with Crippen LogP contribution in [0.4, 0.5) is 11.5 Å². The number of anilines is 2. The summed E-state index contributed by atoms with van der Waals surface area (Å²) in [5.74, 6) is -0.361. The van der Waals surface area contributed by atoms with Crippen molar-refractivity contribution in [2.75, 3.05) is 5.32 Å². The molecule has 3 rings (SSSR count). The third-order valence-electron chi connectivity index (χ3n) is 2.74. The van der Waals surface area contributed by atoms with E-state index in [1.807, 2.05) is 10.6 Å². The number of hydrogen-bond donors (Lipinski definition) is 2. The van der Waals surface area contributed by atoms with Crippen molar-refractivity contribution in [1.82, 2.24) is 14.4 Å². The van der Waals surface area contributed by atoms with E-state index in [0.717, 1.165) is 5.69 Å². The smallest absolute Gasteiger partial charge is 0.335 e. The average molecular weight is 333 g/mol. The van der Waals surface area contributed by atoms with Crippen molar-refractivity contribution >= 4 is 39.1 Å². The van der Waals surface area contributed by atoms with Crippen LogP contribution in [-0.2, 0) is 0 Å². The van der Waals surface area contributed by atoms with Gasteiger partial charge in [0.1, 0.15) is 4.60 Å². The van der Waals surface area contributed by atoms with Gasteiger partial charge in [-0.05, 0) is 40.2 Å². The summed E-state index contributed by atoms with van der Waals surface area (Å²) in [4.78, 5) is 19.4. The van der Waals surface area contributed by atoms with E-state index in [2.05, 4.69) is 31.2 Å². The normalized spacial score (nSPS) is 10.7. The Labute approximate surface area is 122 Å². The van der Waals surface area contributed by atoms with Crippen LogP contribution in [0.25, 0.3) is 5.65 Å². The van der Waals surface area contributed by atoms with Crippen molar-refractivity contribution in [1.29, 1.82) is 0 Å². The number of hydrogen-bond acceptors (Lipinski definition) is 4. The number of aromatic carboxylic acids is 1. The Morgan fingerprint density at radius 1 is 1.30 bits per heavy atom. The van der Waals surface area contributed by atoms with Gasteiger partial charge in [-0.1, -0.05) is 0 Å². The molecule has 0 radical (unpaired) electrons. The summed E-state index contributed by atoms with van der Waals surface area (Å²) in [7, 11) is 0. The third kappa shape index (κ3) is 2.35. The van der Waals surface area contributed by atoms with Gasteiger partial charge in [0.25, 0.3) is 0 Å². The van der Waals surface area contributed by atoms with Crippen LogP contribution in [0.1, 0.15) is 10.4 Å². The molecule has 6 nitrogen and oxygen atoms in total. The van der Waals surface area contributed by atoms with Gasteiger partial charge in [-0.2, -0.15) is 0 Å². The van der Waals surface area contributed by atoms with Crippen LogP contribution in [0.5, 0.6) is 0 Å². The molecule has 0 fully saturated rings. The number of nitrogens with zero attached hydrogens (tertiary/aromatic N) is 3. The van der Waals surface area contributed by atoms with E-state index in [4.69, 9.17) is 5.11 Å². The van der Waals surface area contributed by atoms with Crippen LogP contribution in [0.2, 0.25) is 0 Å². The number of carboxylic acid groups (broad SMARTS) is 1. The van der Waals surface area contributed by atoms with Crippen LogP contribution in [-0.4, -0.2) is 25.4 Å². The lowest BCUT2D eigenvalue weighted by Crippen LogP contribution is -2.00. The molecule has 2 N–H and O–H groups in total. The van der Waals surface area contributed by atoms with Crippen LogP contribution in [0.3, 0.4) is 0 Å². The fourth-order valence-corrected chi connectivity index (χ4v) is 2.22. The highest BCUT2D eigenvalue weighted by molar-refractivity contribution is 9.10. The second kappa shape index (κ2) is 4.93. The first-order valence-corrected chi connectivity index (χ1v) is 6.52. The van der Waals surface area contributed by atoms with Crippen molar-refractivity contribution in [2.24, 2.45) is 0 Å². The maximum atomic E-state index is 10.8. The van der Waals surface area contributed by atoms with Crippen molar-refractivity contribution in [2.45, 2.75) is 0 Å². The Kier molecular flexibility index (Phi) is 3.11. The molecule has 0 saturated carbocycles. The van der Waals surface area contributed by atoms with Gasteiger partial charge in [0.05, 0.1) is 5.56 Å². The number of fused-ring (bicyclic) bond motifs is 1. The van der Waals surface area contributed by atoms with Gasteiger partial charge >= 0.3 is 5.97 Å². The third-order valence-corrected chi connectivity index (χ3v) is 3.12. The first-order chi connectivity index (χ1) is 9.63. The molecule has 2 aromatic heterocycles. The molecule has 0 unspecified atom stereocenters. The number of carbonyl (C=O) groups is 1. The highest BCUT2D eigenvalue weighted by Gasteiger charge is 2.07. The fraction of sp³-hybridized carbons (Fsp3) is 0. The molecule has 0 aliphatic carbocycles. The van der Waals surface area contributed by atoms with Crippen LogP contribution in [0, 0.1) is 0 Å². The molecule has 7 heteroatoms. The van der Waals surface area contributed by atoms with Gasteiger partial charge in [-0.15, -0.1) is 0 Å². The lowest BCUT2D eigenvalue weighted by atomic mass is 10.2. The topological polar surface area (TPSA) is 79.5 Å². The zero-order chi connectivity index (χ0) is 14.1. The predicted molar refractivity (Wildman–Crippen MR) is 77.4 cm³/mol. The Bertz CT molecular complexity index is 783. The molecule has 0 bridgehead atoms. The molecular weight excluding hydrogens is 324 g/mol. The highest BCUT2D eigenvalue weighted by atomic mass is 79.9. The molecule has 0 aliphatic heterocycles. The standard InChI is InChI=1S/C13H9BrN4O2/c14-10-7-18-6-5-15-12(18)11(17-10)16-9-3-1-8(2-4-9)13(19)20/h1-7H,(H,16,17)(H,19,20). The second-order valence-corrected chi connectivity index (χ2v) is 4.89. The molecule has 1 aromatic carbocycles. The number of rotatable bonds is 3. The minimum absolute atomic E-state index is 0.240. The van der Waals surface area contributed by atoms with Crippen molar-refractivity contribution in [3.8, 4) is 0 Å². The van der Waals surface area contributed by atoms with Gasteiger partial charge < -0.3 is 14.8 Å². The molecule has 2 heterocycles. The van der Waals surface area contributed by atoms with Gasteiger partial charge in [-0.25, -0.2) is 14.8 Å². The second-order valence-electron chi connectivity index (χ2n) is 4.08. The van der Waals surface area contributed by atoms with Gasteiger partial charge in [-0.3, -0.25) is 0 Å². The van der Waals surface area contributed by atoms with Gasteiger partial charge in [0.15, 0.2) is 11.5 Å². The average Bonchev–Trinajstić information content (AvgIpc) is 2.87. The first kappa shape index (κ1) is 12.6. The lowest BCUT2D eigenvalue weighted by Gasteiger charge is -2.07. The molecule has 0 spiro atoms. The first-order valence-electron chi connectivity index (χ1n) is 5.73. The summed E-state index contributed by atoms with van der Waals surface area (Å²) < 4.78 is 2.51. The minimum Gasteiger partial charge on any atom is -0.478 e. The zero-order valence-corrected chi connectivity index (χ0v) is 11.7. The molecule has 0 amide bonds. The van der Waals surface area contributed by atoms with E-state index in [9.17, 15) is 4.79 Å². The van der Waals surface area contributed by atoms with Crippen LogP contribution < -0.4 is 5.32 Å². The quantitative estimate of drug-likeness (QED) is 0.770. The summed E-state index contributed by atoms with van der Waals surface area (Å²) in [5.41, 5.74) is 1.67. The van der Waals surface area contributed by atoms with Crippen LogP contribution >= 0.6 is 15.9 Å². The molecule has 0 aliphatic rings. The zero-order valence-electron chi connectivity index (χ0n) is 10.1. The van der Waals surface area contributed by atoms with E-state index in [1.165, 1.54) is 12.1 Å². The summed E-state index contributed by atoms with van der Waals surface area (Å²) >= 11 is 3.33. The van der Waals surface area contributed by atoms with E-state index in [0.29, 0.717) is 16.1 Å². The van der Waals surface area contributed by atoms with Gasteiger partial charge in [0, 0.05) is 24.3 Å². The molecule has 0 atom stereocenters. The van der Waals surface area contributed by atoms with E-state index in [1.54, 1.807) is 24.5 Å². The highest BCUT2D eigenvalue weighted by Crippen LogP contribution is 2.21. The number of halogens is 1. The number of nitrogens with one attached hydrogen (secondary N) is 1. The Morgan fingerprint density at radius 3 is 2.75 bits per heavy atom. The monoisotopic (exact) mass is 332 g/mol.